The third-order valence-electron chi connectivity index (χ3n) is 2.89. The van der Waals surface area contributed by atoms with Crippen LogP contribution < -0.4 is 5.73 Å². The van der Waals surface area contributed by atoms with E-state index in [-0.39, 0.29) is 0 Å². The molecule has 70 valence electrons. The molecule has 0 heterocycles. The van der Waals surface area contributed by atoms with Gasteiger partial charge in [-0.25, -0.2) is 17.6 Å². The van der Waals surface area contributed by atoms with Gasteiger partial charge in [-0.3, -0.25) is 0 Å². The highest BCUT2D eigenvalue weighted by molar-refractivity contribution is 5.22. The van der Waals surface area contributed by atoms with E-state index in [1.54, 1.807) is 0 Å². The molecule has 0 aromatic heterocycles. The Kier molecular flexibility index (Phi) is 1.23. The van der Waals surface area contributed by atoms with Gasteiger partial charge in [-0.2, -0.15) is 0 Å². The lowest BCUT2D eigenvalue weighted by atomic mass is 9.75. The molecule has 2 saturated carbocycles. The monoisotopic (exact) mass is 183 g/mol. The van der Waals surface area contributed by atoms with Crippen LogP contribution in [-0.2, 0) is 0 Å². The van der Waals surface area contributed by atoms with Gasteiger partial charge in [-0.1, -0.05) is 0 Å². The van der Waals surface area contributed by atoms with Crippen molar-refractivity contribution in [1.82, 2.24) is 0 Å². The molecule has 2 aliphatic carbocycles. The summed E-state index contributed by atoms with van der Waals surface area (Å²) >= 11 is 0. The number of rotatable bonds is 1. The normalized spacial score (nSPS) is 43.8. The molecule has 0 amide bonds. The molecule has 1 nitrogen and oxygen atoms in total. The molecule has 0 saturated heterocycles. The van der Waals surface area contributed by atoms with Gasteiger partial charge in [-0.15, -0.1) is 0 Å². The molecule has 1 unspecified atom stereocenters. The van der Waals surface area contributed by atoms with Gasteiger partial charge in [0.05, 0.1) is 5.54 Å². The van der Waals surface area contributed by atoms with E-state index in [1.165, 1.54) is 0 Å². The average molecular weight is 183 g/mol. The van der Waals surface area contributed by atoms with Crippen LogP contribution >= 0.6 is 0 Å². The summed E-state index contributed by atoms with van der Waals surface area (Å²) < 4.78 is 49.7. The first-order valence-corrected chi connectivity index (χ1v) is 3.81. The van der Waals surface area contributed by atoms with Crippen molar-refractivity contribution in [3.8, 4) is 0 Å². The molecule has 12 heavy (non-hydrogen) atoms. The van der Waals surface area contributed by atoms with Crippen LogP contribution in [0.5, 0.6) is 0 Å². The lowest BCUT2D eigenvalue weighted by molar-refractivity contribution is -0.128. The Bertz CT molecular complexity index is 219. The predicted octanol–water partition coefficient (Wildman–Crippen LogP) is 1.77. The molecule has 5 heteroatoms. The van der Waals surface area contributed by atoms with Crippen LogP contribution in [0, 0.1) is 5.92 Å². The Morgan fingerprint density at radius 3 is 1.75 bits per heavy atom. The van der Waals surface area contributed by atoms with Gasteiger partial charge >= 0.3 is 0 Å². The minimum Gasteiger partial charge on any atom is -0.320 e. The van der Waals surface area contributed by atoms with Crippen LogP contribution in [0.4, 0.5) is 17.6 Å². The highest BCUT2D eigenvalue weighted by Crippen LogP contribution is 2.62. The molecule has 0 aromatic carbocycles. The SMILES string of the molecule is NC1(C2CC(F)(F)C2)CC1(F)F. The van der Waals surface area contributed by atoms with Crippen LogP contribution in [0.1, 0.15) is 19.3 Å². The number of hydrogen-bond donors (Lipinski definition) is 1. The van der Waals surface area contributed by atoms with Gasteiger partial charge < -0.3 is 5.73 Å². The Labute approximate surface area is 66.9 Å². The molecule has 0 aliphatic heterocycles. The molecule has 2 fully saturated rings. The first kappa shape index (κ1) is 8.29. The Balaban J connectivity index is 1.99. The van der Waals surface area contributed by atoms with Gasteiger partial charge in [0.1, 0.15) is 0 Å². The van der Waals surface area contributed by atoms with E-state index in [9.17, 15) is 17.6 Å². The van der Waals surface area contributed by atoms with Crippen molar-refractivity contribution in [2.45, 2.75) is 36.6 Å². The standard InChI is InChI=1S/C7H9F4N/c8-5(9)1-4(2-5)6(12)3-7(6,10)11/h4H,1-3,12H2. The summed E-state index contributed by atoms with van der Waals surface area (Å²) in [5.74, 6) is -6.35. The van der Waals surface area contributed by atoms with Crippen LogP contribution in [-0.4, -0.2) is 17.4 Å². The molecule has 2 N–H and O–H groups in total. The molecule has 2 aliphatic rings. The third kappa shape index (κ3) is 0.887. The second-order valence-electron chi connectivity index (χ2n) is 3.88. The van der Waals surface area contributed by atoms with Crippen molar-refractivity contribution < 1.29 is 17.6 Å². The van der Waals surface area contributed by atoms with Gasteiger partial charge in [0.2, 0.25) is 5.92 Å². The van der Waals surface area contributed by atoms with Crippen molar-refractivity contribution in [3.05, 3.63) is 0 Å². The molecule has 0 bridgehead atoms. The van der Waals surface area contributed by atoms with E-state index in [4.69, 9.17) is 5.73 Å². The highest BCUT2D eigenvalue weighted by Gasteiger charge is 2.75. The molecule has 0 spiro atoms. The Morgan fingerprint density at radius 1 is 1.08 bits per heavy atom. The van der Waals surface area contributed by atoms with Crippen LogP contribution in [0.2, 0.25) is 0 Å². The van der Waals surface area contributed by atoms with E-state index >= 15 is 0 Å². The Morgan fingerprint density at radius 2 is 1.50 bits per heavy atom. The molecule has 1 atom stereocenters. The zero-order valence-corrected chi connectivity index (χ0v) is 6.29. The highest BCUT2D eigenvalue weighted by atomic mass is 19.3. The average Bonchev–Trinajstić information content (AvgIpc) is 2.28. The lowest BCUT2D eigenvalue weighted by Gasteiger charge is -2.38. The van der Waals surface area contributed by atoms with Crippen molar-refractivity contribution in [1.29, 1.82) is 0 Å². The molecular formula is C7H9F4N. The predicted molar refractivity (Wildman–Crippen MR) is 34.2 cm³/mol. The van der Waals surface area contributed by atoms with E-state index in [1.807, 2.05) is 0 Å². The minimum atomic E-state index is -2.91. The van der Waals surface area contributed by atoms with Crippen LogP contribution in [0.25, 0.3) is 0 Å². The fourth-order valence-electron chi connectivity index (χ4n) is 1.79. The second kappa shape index (κ2) is 1.78. The van der Waals surface area contributed by atoms with Gasteiger partial charge in [0.15, 0.2) is 0 Å². The van der Waals surface area contributed by atoms with E-state index < -0.39 is 42.6 Å². The summed E-state index contributed by atoms with van der Waals surface area (Å²) in [5, 5.41) is 0. The zero-order chi connectivity index (χ0) is 9.20. The van der Waals surface area contributed by atoms with Gasteiger partial charge in [0, 0.05) is 19.3 Å². The molecule has 0 radical (unpaired) electrons. The van der Waals surface area contributed by atoms with Gasteiger partial charge in [-0.05, 0) is 5.92 Å². The van der Waals surface area contributed by atoms with E-state index in [0.717, 1.165) is 0 Å². The maximum absolute atomic E-state index is 12.5. The third-order valence-corrected chi connectivity index (χ3v) is 2.89. The first-order chi connectivity index (χ1) is 5.27. The largest absolute Gasteiger partial charge is 0.320 e. The maximum Gasteiger partial charge on any atom is 0.268 e. The first-order valence-electron chi connectivity index (χ1n) is 3.81. The van der Waals surface area contributed by atoms with Crippen LogP contribution in [0.15, 0.2) is 0 Å². The number of nitrogens with two attached hydrogens (primary N) is 1. The summed E-state index contributed by atoms with van der Waals surface area (Å²) in [6.45, 7) is 0. The number of hydrogen-bond acceptors (Lipinski definition) is 1. The van der Waals surface area contributed by atoms with Crippen molar-refractivity contribution in [2.24, 2.45) is 11.7 Å². The topological polar surface area (TPSA) is 26.0 Å². The lowest BCUT2D eigenvalue weighted by Crippen LogP contribution is -2.50. The van der Waals surface area contributed by atoms with E-state index in [2.05, 4.69) is 0 Å². The van der Waals surface area contributed by atoms with Crippen molar-refractivity contribution >= 4 is 0 Å². The van der Waals surface area contributed by atoms with Crippen molar-refractivity contribution in [3.63, 3.8) is 0 Å². The van der Waals surface area contributed by atoms with E-state index in [0.29, 0.717) is 0 Å². The second-order valence-corrected chi connectivity index (χ2v) is 3.88. The minimum absolute atomic E-state index is 0.430. The fourth-order valence-corrected chi connectivity index (χ4v) is 1.79. The number of alkyl halides is 4. The maximum atomic E-state index is 12.5. The quantitative estimate of drug-likeness (QED) is 0.616. The smallest absolute Gasteiger partial charge is 0.268 e. The molecule has 2 rings (SSSR count). The van der Waals surface area contributed by atoms with Crippen molar-refractivity contribution in [2.75, 3.05) is 0 Å². The Hall–Kier alpha value is -0.320. The summed E-state index contributed by atoms with van der Waals surface area (Å²) in [4.78, 5) is 0. The summed E-state index contributed by atoms with van der Waals surface area (Å²) in [6, 6.07) is 0. The summed E-state index contributed by atoms with van der Waals surface area (Å²) in [6.07, 6.45) is -1.38. The number of halogens is 4. The summed E-state index contributed by atoms with van der Waals surface area (Å²) in [5.41, 5.74) is 3.65. The van der Waals surface area contributed by atoms with Crippen LogP contribution in [0.3, 0.4) is 0 Å². The fraction of sp³-hybridized carbons (Fsp3) is 1.00. The van der Waals surface area contributed by atoms with Gasteiger partial charge in [0.25, 0.3) is 5.92 Å². The summed E-state index contributed by atoms with van der Waals surface area (Å²) in [7, 11) is 0. The molecule has 0 aromatic rings. The zero-order valence-electron chi connectivity index (χ0n) is 6.29. The molecular weight excluding hydrogens is 174 g/mol.